The van der Waals surface area contributed by atoms with Gasteiger partial charge in [-0.25, -0.2) is 0 Å². The number of benzene rings is 2. The number of amides is 2. The minimum absolute atomic E-state index is 0.00783. The summed E-state index contributed by atoms with van der Waals surface area (Å²) in [6, 6.07) is 10.9. The fourth-order valence-corrected chi connectivity index (χ4v) is 5.94. The molecule has 0 radical (unpaired) electrons. The van der Waals surface area contributed by atoms with Crippen molar-refractivity contribution in [1.82, 2.24) is 10.2 Å². The van der Waals surface area contributed by atoms with Crippen molar-refractivity contribution >= 4 is 11.8 Å². The first-order chi connectivity index (χ1) is 19.8. The molecule has 0 bridgehead atoms. The van der Waals surface area contributed by atoms with Gasteiger partial charge in [0.2, 0.25) is 11.8 Å². The number of carbonyl (C=O) groups is 2. The van der Waals surface area contributed by atoms with Crippen molar-refractivity contribution in [3.05, 3.63) is 70.8 Å². The van der Waals surface area contributed by atoms with Crippen LogP contribution < -0.4 is 5.32 Å². The number of rotatable bonds is 7. The summed E-state index contributed by atoms with van der Waals surface area (Å²) >= 11 is 0. The Morgan fingerprint density at radius 1 is 0.929 bits per heavy atom. The van der Waals surface area contributed by atoms with Gasteiger partial charge in [-0.15, -0.1) is 0 Å². The van der Waals surface area contributed by atoms with E-state index < -0.39 is 35.7 Å². The van der Waals surface area contributed by atoms with E-state index in [1.165, 1.54) is 6.92 Å². The number of ether oxygens (including phenoxy) is 1. The molecule has 1 saturated carbocycles. The van der Waals surface area contributed by atoms with E-state index in [0.29, 0.717) is 50.9 Å². The number of carbonyl (C=O) groups excluding carboxylic acids is 2. The van der Waals surface area contributed by atoms with Crippen molar-refractivity contribution in [3.63, 3.8) is 0 Å². The Morgan fingerprint density at radius 2 is 1.52 bits per heavy atom. The van der Waals surface area contributed by atoms with E-state index in [2.05, 4.69) is 5.32 Å². The lowest BCUT2D eigenvalue weighted by molar-refractivity contribution is -0.143. The molecule has 2 aliphatic rings. The summed E-state index contributed by atoms with van der Waals surface area (Å²) in [5.41, 5.74) is -2.11. The van der Waals surface area contributed by atoms with Gasteiger partial charge in [0, 0.05) is 37.4 Å². The first-order valence-electron chi connectivity index (χ1n) is 14.3. The molecule has 11 heteroatoms. The standard InChI is InChI=1S/C31H36F6N2O3/c1-3-28(40)38-25-11-9-21(10-12-25)29(41)39-14-13-27(26(18-39)20-7-5-4-6-8-20)42-19(2)22-15-23(30(32,33)34)17-24(16-22)31(35,36)37/h4-8,15-17,19,21,25-27H,3,9-14,18H2,1-2H3,(H,38,40)/t19-,21-,25-,26-,27-/m0/s1. The Balaban J connectivity index is 1.50. The molecular weight excluding hydrogens is 562 g/mol. The average molecular weight is 599 g/mol. The molecule has 0 aromatic heterocycles. The summed E-state index contributed by atoms with van der Waals surface area (Å²) in [6.45, 7) is 3.93. The van der Waals surface area contributed by atoms with Gasteiger partial charge in [0.15, 0.2) is 0 Å². The Bertz CT molecular complexity index is 1190. The van der Waals surface area contributed by atoms with E-state index in [0.717, 1.165) is 18.4 Å². The second-order valence-electron chi connectivity index (χ2n) is 11.2. The van der Waals surface area contributed by atoms with Crippen LogP contribution >= 0.6 is 0 Å². The van der Waals surface area contributed by atoms with E-state index in [4.69, 9.17) is 4.74 Å². The number of hydrogen-bond donors (Lipinski definition) is 1. The molecule has 1 aliphatic heterocycles. The van der Waals surface area contributed by atoms with Crippen molar-refractivity contribution in [2.45, 2.75) is 88.9 Å². The van der Waals surface area contributed by atoms with Crippen LogP contribution in [0.4, 0.5) is 26.3 Å². The van der Waals surface area contributed by atoms with Gasteiger partial charge in [-0.1, -0.05) is 37.3 Å². The Labute approximate surface area is 241 Å². The SMILES string of the molecule is CCC(=O)N[C@H]1CC[C@H](C(=O)N2CC[C@H](O[C@@H](C)c3cc(C(F)(F)F)cc(C(F)(F)F)c3)[C@H](c3ccccc3)C2)CC1. The molecular formula is C31H36F6N2O3. The Morgan fingerprint density at radius 3 is 2.07 bits per heavy atom. The molecule has 4 rings (SSSR count). The van der Waals surface area contributed by atoms with Crippen molar-refractivity contribution in [1.29, 1.82) is 0 Å². The monoisotopic (exact) mass is 598 g/mol. The lowest BCUT2D eigenvalue weighted by atomic mass is 9.83. The van der Waals surface area contributed by atoms with Crippen molar-refractivity contribution in [2.75, 3.05) is 13.1 Å². The molecule has 2 aromatic rings. The molecule has 5 nitrogen and oxygen atoms in total. The van der Waals surface area contributed by atoms with Crippen LogP contribution in [0.2, 0.25) is 0 Å². The number of nitrogens with one attached hydrogen (secondary N) is 1. The normalized spacial score (nSPS) is 24.2. The van der Waals surface area contributed by atoms with E-state index in [1.54, 1.807) is 11.8 Å². The molecule has 1 saturated heterocycles. The molecule has 1 heterocycles. The summed E-state index contributed by atoms with van der Waals surface area (Å²) in [6.07, 6.45) is -7.94. The maximum Gasteiger partial charge on any atom is 0.416 e. The number of piperidine rings is 1. The van der Waals surface area contributed by atoms with Crippen LogP contribution in [-0.2, 0) is 26.7 Å². The fourth-order valence-electron chi connectivity index (χ4n) is 5.94. The lowest BCUT2D eigenvalue weighted by Crippen LogP contribution is -2.49. The van der Waals surface area contributed by atoms with Crippen LogP contribution in [0.5, 0.6) is 0 Å². The van der Waals surface area contributed by atoms with Gasteiger partial charge < -0.3 is 15.0 Å². The van der Waals surface area contributed by atoms with Gasteiger partial charge in [0.1, 0.15) is 0 Å². The largest absolute Gasteiger partial charge is 0.416 e. The summed E-state index contributed by atoms with van der Waals surface area (Å²) in [7, 11) is 0. The van der Waals surface area contributed by atoms with Gasteiger partial charge in [0.05, 0.1) is 23.3 Å². The maximum atomic E-state index is 13.5. The van der Waals surface area contributed by atoms with Crippen LogP contribution in [0.1, 0.15) is 86.6 Å². The van der Waals surface area contributed by atoms with Gasteiger partial charge in [-0.2, -0.15) is 26.3 Å². The molecule has 1 N–H and O–H groups in total. The second-order valence-corrected chi connectivity index (χ2v) is 11.2. The van der Waals surface area contributed by atoms with Crippen LogP contribution in [0.3, 0.4) is 0 Å². The van der Waals surface area contributed by atoms with Gasteiger partial charge in [-0.05, 0) is 68.4 Å². The number of alkyl halides is 6. The highest BCUT2D eigenvalue weighted by molar-refractivity contribution is 5.79. The highest BCUT2D eigenvalue weighted by atomic mass is 19.4. The second kappa shape index (κ2) is 13.1. The molecule has 0 spiro atoms. The predicted octanol–water partition coefficient (Wildman–Crippen LogP) is 7.27. The van der Waals surface area contributed by atoms with Gasteiger partial charge >= 0.3 is 12.4 Å². The molecule has 230 valence electrons. The van der Waals surface area contributed by atoms with E-state index in [1.807, 2.05) is 30.3 Å². The zero-order valence-corrected chi connectivity index (χ0v) is 23.6. The Kier molecular flexibility index (Phi) is 9.90. The van der Waals surface area contributed by atoms with Crippen molar-refractivity contribution < 1.29 is 40.7 Å². The highest BCUT2D eigenvalue weighted by Gasteiger charge is 2.40. The molecule has 2 fully saturated rings. The fraction of sp³-hybridized carbons (Fsp3) is 0.548. The quantitative estimate of drug-likeness (QED) is 0.341. The third-order valence-electron chi connectivity index (χ3n) is 8.31. The highest BCUT2D eigenvalue weighted by Crippen LogP contribution is 2.40. The van der Waals surface area contributed by atoms with E-state index in [9.17, 15) is 35.9 Å². The topological polar surface area (TPSA) is 58.6 Å². The number of likely N-dealkylation sites (tertiary alicyclic amines) is 1. The van der Waals surface area contributed by atoms with Crippen LogP contribution in [0.25, 0.3) is 0 Å². The van der Waals surface area contributed by atoms with Crippen LogP contribution in [0.15, 0.2) is 48.5 Å². The molecule has 3 atom stereocenters. The zero-order chi connectivity index (χ0) is 30.7. The minimum Gasteiger partial charge on any atom is -0.370 e. The summed E-state index contributed by atoms with van der Waals surface area (Å²) in [4.78, 5) is 27.0. The van der Waals surface area contributed by atoms with Crippen molar-refractivity contribution in [3.8, 4) is 0 Å². The van der Waals surface area contributed by atoms with E-state index >= 15 is 0 Å². The summed E-state index contributed by atoms with van der Waals surface area (Å²) in [5.74, 6) is -0.472. The van der Waals surface area contributed by atoms with Gasteiger partial charge in [0.25, 0.3) is 0 Å². The van der Waals surface area contributed by atoms with Crippen LogP contribution in [-0.4, -0.2) is 41.9 Å². The van der Waals surface area contributed by atoms with E-state index in [-0.39, 0.29) is 41.3 Å². The molecule has 42 heavy (non-hydrogen) atoms. The third-order valence-corrected chi connectivity index (χ3v) is 8.31. The lowest BCUT2D eigenvalue weighted by Gasteiger charge is -2.42. The summed E-state index contributed by atoms with van der Waals surface area (Å²) in [5, 5.41) is 2.99. The predicted molar refractivity (Wildman–Crippen MR) is 144 cm³/mol. The number of halogens is 6. The maximum absolute atomic E-state index is 13.5. The summed E-state index contributed by atoms with van der Waals surface area (Å²) < 4.78 is 86.9. The number of nitrogens with zero attached hydrogens (tertiary/aromatic N) is 1. The van der Waals surface area contributed by atoms with Crippen molar-refractivity contribution in [2.24, 2.45) is 5.92 Å². The molecule has 2 aromatic carbocycles. The third kappa shape index (κ3) is 7.85. The molecule has 1 aliphatic carbocycles. The average Bonchev–Trinajstić information content (AvgIpc) is 2.96. The number of hydrogen-bond acceptors (Lipinski definition) is 3. The van der Waals surface area contributed by atoms with Crippen LogP contribution in [0, 0.1) is 5.92 Å². The van der Waals surface area contributed by atoms with Gasteiger partial charge in [-0.3, -0.25) is 9.59 Å². The minimum atomic E-state index is -4.95. The molecule has 0 unspecified atom stereocenters. The Hall–Kier alpha value is -3.08. The molecule has 2 amide bonds. The first-order valence-corrected chi connectivity index (χ1v) is 14.3. The first kappa shape index (κ1) is 31.8. The smallest absolute Gasteiger partial charge is 0.370 e. The zero-order valence-electron chi connectivity index (χ0n) is 23.6.